The van der Waals surface area contributed by atoms with Gasteiger partial charge in [0.15, 0.2) is 5.82 Å². The van der Waals surface area contributed by atoms with Crippen molar-refractivity contribution >= 4 is 5.91 Å². The third-order valence-corrected chi connectivity index (χ3v) is 3.21. The maximum absolute atomic E-state index is 12.2. The Hall–Kier alpha value is -2.38. The highest BCUT2D eigenvalue weighted by Gasteiger charge is 2.29. The number of nitrogens with one attached hydrogen (secondary N) is 2. The van der Waals surface area contributed by atoms with Gasteiger partial charge in [-0.25, -0.2) is 14.9 Å². The van der Waals surface area contributed by atoms with Crippen molar-refractivity contribution in [2.24, 2.45) is 0 Å². The van der Waals surface area contributed by atoms with Crippen LogP contribution < -0.4 is 5.76 Å². The molecule has 0 aliphatic carbocycles. The normalized spacial score (nSPS) is 19.6. The number of carbonyl (C=O) groups is 1. The SMILES string of the molecule is O=C(c1ncc[nH]1)N1CCCC(c2n[nH]c(=O)o2)C1. The minimum absolute atomic E-state index is 0.0494. The quantitative estimate of drug-likeness (QED) is 0.799. The van der Waals surface area contributed by atoms with Gasteiger partial charge < -0.3 is 14.3 Å². The van der Waals surface area contributed by atoms with Crippen LogP contribution in [0, 0.1) is 0 Å². The van der Waals surface area contributed by atoms with E-state index in [1.54, 1.807) is 17.3 Å². The zero-order valence-electron chi connectivity index (χ0n) is 10.1. The van der Waals surface area contributed by atoms with E-state index in [-0.39, 0.29) is 11.8 Å². The Morgan fingerprint density at radius 1 is 1.53 bits per heavy atom. The fourth-order valence-corrected chi connectivity index (χ4v) is 2.31. The van der Waals surface area contributed by atoms with Gasteiger partial charge in [0.1, 0.15) is 0 Å². The van der Waals surface area contributed by atoms with E-state index in [1.807, 2.05) is 0 Å². The van der Waals surface area contributed by atoms with E-state index in [0.29, 0.717) is 24.8 Å². The summed E-state index contributed by atoms with van der Waals surface area (Å²) in [6.07, 6.45) is 4.84. The van der Waals surface area contributed by atoms with Gasteiger partial charge in [0.05, 0.1) is 5.92 Å². The molecule has 1 amide bonds. The summed E-state index contributed by atoms with van der Waals surface area (Å²) < 4.78 is 4.96. The Balaban J connectivity index is 1.75. The second-order valence-corrected chi connectivity index (χ2v) is 4.48. The zero-order chi connectivity index (χ0) is 13.2. The van der Waals surface area contributed by atoms with Crippen molar-refractivity contribution in [3.8, 4) is 0 Å². The van der Waals surface area contributed by atoms with Crippen LogP contribution in [0.5, 0.6) is 0 Å². The average Bonchev–Trinajstić information content (AvgIpc) is 3.09. The van der Waals surface area contributed by atoms with E-state index in [2.05, 4.69) is 20.2 Å². The van der Waals surface area contributed by atoms with Crippen LogP contribution in [0.1, 0.15) is 35.3 Å². The molecule has 2 aromatic rings. The Labute approximate surface area is 107 Å². The third kappa shape index (κ3) is 2.28. The predicted molar refractivity (Wildman–Crippen MR) is 63.6 cm³/mol. The van der Waals surface area contributed by atoms with Gasteiger partial charge in [0, 0.05) is 25.5 Å². The molecule has 3 heterocycles. The van der Waals surface area contributed by atoms with Crippen molar-refractivity contribution in [2.45, 2.75) is 18.8 Å². The fraction of sp³-hybridized carbons (Fsp3) is 0.455. The molecular weight excluding hydrogens is 250 g/mol. The van der Waals surface area contributed by atoms with Gasteiger partial charge in [-0.15, -0.1) is 5.10 Å². The number of H-pyrrole nitrogens is 2. The first kappa shape index (κ1) is 11.7. The van der Waals surface area contributed by atoms with Crippen molar-refractivity contribution in [1.82, 2.24) is 25.1 Å². The second-order valence-electron chi connectivity index (χ2n) is 4.48. The van der Waals surface area contributed by atoms with Crippen LogP contribution in [0.3, 0.4) is 0 Å². The van der Waals surface area contributed by atoms with Crippen molar-refractivity contribution < 1.29 is 9.21 Å². The molecule has 1 atom stereocenters. The Kier molecular flexibility index (Phi) is 2.90. The van der Waals surface area contributed by atoms with Crippen LogP contribution in [0.4, 0.5) is 0 Å². The van der Waals surface area contributed by atoms with Gasteiger partial charge >= 0.3 is 5.76 Å². The van der Waals surface area contributed by atoms with Gasteiger partial charge in [-0.2, -0.15) is 0 Å². The third-order valence-electron chi connectivity index (χ3n) is 3.21. The molecule has 19 heavy (non-hydrogen) atoms. The molecule has 8 nitrogen and oxygen atoms in total. The molecule has 2 N–H and O–H groups in total. The van der Waals surface area contributed by atoms with E-state index >= 15 is 0 Å². The molecule has 0 bridgehead atoms. The van der Waals surface area contributed by atoms with E-state index in [0.717, 1.165) is 12.8 Å². The summed E-state index contributed by atoms with van der Waals surface area (Å²) >= 11 is 0. The fourth-order valence-electron chi connectivity index (χ4n) is 2.31. The first-order valence-electron chi connectivity index (χ1n) is 6.08. The van der Waals surface area contributed by atoms with Crippen LogP contribution >= 0.6 is 0 Å². The van der Waals surface area contributed by atoms with Crippen LogP contribution in [-0.4, -0.2) is 44.1 Å². The van der Waals surface area contributed by atoms with Crippen molar-refractivity contribution in [3.63, 3.8) is 0 Å². The zero-order valence-corrected chi connectivity index (χ0v) is 10.1. The molecule has 3 rings (SSSR count). The average molecular weight is 263 g/mol. The minimum Gasteiger partial charge on any atom is -0.392 e. The number of hydrogen-bond donors (Lipinski definition) is 2. The summed E-state index contributed by atoms with van der Waals surface area (Å²) in [4.78, 5) is 31.6. The standard InChI is InChI=1S/C11H13N5O3/c17-10(8-12-3-4-13-8)16-5-1-2-7(6-16)9-14-15-11(18)19-9/h3-4,7H,1-2,5-6H2,(H,12,13)(H,15,18). The molecule has 100 valence electrons. The van der Waals surface area contributed by atoms with Crippen molar-refractivity contribution in [2.75, 3.05) is 13.1 Å². The molecular formula is C11H13N5O3. The monoisotopic (exact) mass is 263 g/mol. The largest absolute Gasteiger partial charge is 0.434 e. The number of amides is 1. The van der Waals surface area contributed by atoms with Crippen LogP contribution in [-0.2, 0) is 0 Å². The van der Waals surface area contributed by atoms with Gasteiger partial charge in [0.25, 0.3) is 5.91 Å². The molecule has 0 spiro atoms. The number of nitrogens with zero attached hydrogens (tertiary/aromatic N) is 3. The number of aromatic amines is 2. The highest BCUT2D eigenvalue weighted by molar-refractivity contribution is 5.90. The van der Waals surface area contributed by atoms with Crippen molar-refractivity contribution in [1.29, 1.82) is 0 Å². The lowest BCUT2D eigenvalue weighted by molar-refractivity contribution is 0.0686. The Morgan fingerprint density at radius 2 is 2.42 bits per heavy atom. The summed E-state index contributed by atoms with van der Waals surface area (Å²) in [6, 6.07) is 0. The van der Waals surface area contributed by atoms with Crippen LogP contribution in [0.25, 0.3) is 0 Å². The Bertz CT molecular complexity index is 614. The lowest BCUT2D eigenvalue weighted by Gasteiger charge is -2.30. The number of aromatic nitrogens is 4. The summed E-state index contributed by atoms with van der Waals surface area (Å²) in [5, 5.41) is 6.07. The lowest BCUT2D eigenvalue weighted by Crippen LogP contribution is -2.39. The minimum atomic E-state index is -0.565. The van der Waals surface area contributed by atoms with Gasteiger partial charge in [-0.1, -0.05) is 0 Å². The summed E-state index contributed by atoms with van der Waals surface area (Å²) in [6.45, 7) is 1.15. The van der Waals surface area contributed by atoms with E-state index in [4.69, 9.17) is 4.42 Å². The molecule has 1 aliphatic rings. The maximum Gasteiger partial charge on any atom is 0.434 e. The number of carbonyl (C=O) groups excluding carboxylic acids is 1. The van der Waals surface area contributed by atoms with Crippen LogP contribution in [0.15, 0.2) is 21.6 Å². The van der Waals surface area contributed by atoms with E-state index in [9.17, 15) is 9.59 Å². The molecule has 0 aromatic carbocycles. The Morgan fingerprint density at radius 3 is 3.11 bits per heavy atom. The number of likely N-dealkylation sites (tertiary alicyclic amines) is 1. The van der Waals surface area contributed by atoms with Gasteiger partial charge in [-0.3, -0.25) is 4.79 Å². The summed E-state index contributed by atoms with van der Waals surface area (Å²) in [5.74, 6) is -0.0743. The van der Waals surface area contributed by atoms with Gasteiger partial charge in [0.2, 0.25) is 5.89 Å². The molecule has 1 aliphatic heterocycles. The molecule has 0 radical (unpaired) electrons. The second kappa shape index (κ2) is 4.71. The molecule has 1 fully saturated rings. The number of piperidine rings is 1. The highest BCUT2D eigenvalue weighted by Crippen LogP contribution is 2.25. The smallest absolute Gasteiger partial charge is 0.392 e. The van der Waals surface area contributed by atoms with E-state index < -0.39 is 5.76 Å². The highest BCUT2D eigenvalue weighted by atomic mass is 16.4. The van der Waals surface area contributed by atoms with Crippen LogP contribution in [0.2, 0.25) is 0 Å². The lowest BCUT2D eigenvalue weighted by atomic mass is 9.98. The van der Waals surface area contributed by atoms with Crippen molar-refractivity contribution in [3.05, 3.63) is 34.7 Å². The number of imidazole rings is 1. The maximum atomic E-state index is 12.2. The van der Waals surface area contributed by atoms with E-state index in [1.165, 1.54) is 0 Å². The molecule has 1 saturated heterocycles. The summed E-state index contributed by atoms with van der Waals surface area (Å²) in [5.41, 5.74) is 0. The number of rotatable bonds is 2. The number of hydrogen-bond acceptors (Lipinski definition) is 5. The molecule has 1 unspecified atom stereocenters. The topological polar surface area (TPSA) is 108 Å². The summed E-state index contributed by atoms with van der Waals surface area (Å²) in [7, 11) is 0. The van der Waals surface area contributed by atoms with Gasteiger partial charge in [-0.05, 0) is 12.8 Å². The molecule has 0 saturated carbocycles. The first-order chi connectivity index (χ1) is 9.24. The predicted octanol–water partition coefficient (Wildman–Crippen LogP) is 0.106. The molecule has 2 aromatic heterocycles. The first-order valence-corrected chi connectivity index (χ1v) is 6.08. The molecule has 8 heteroatoms.